The van der Waals surface area contributed by atoms with E-state index < -0.39 is 0 Å². The summed E-state index contributed by atoms with van der Waals surface area (Å²) in [5, 5.41) is 0. The van der Waals surface area contributed by atoms with Crippen molar-refractivity contribution in [1.82, 2.24) is 19.9 Å². The lowest BCUT2D eigenvalue weighted by Crippen LogP contribution is -2.47. The summed E-state index contributed by atoms with van der Waals surface area (Å²) in [5.74, 6) is 2.87. The second kappa shape index (κ2) is 7.57. The van der Waals surface area contributed by atoms with E-state index in [1.54, 1.807) is 12.7 Å². The van der Waals surface area contributed by atoms with E-state index >= 15 is 0 Å². The van der Waals surface area contributed by atoms with Gasteiger partial charge in [-0.15, -0.1) is 0 Å². The lowest BCUT2D eigenvalue weighted by molar-refractivity contribution is 0.640. The number of hydrogen-bond donors (Lipinski definition) is 0. The number of rotatable bonds is 4. The highest BCUT2D eigenvalue weighted by molar-refractivity contribution is 5.62. The second-order valence-corrected chi connectivity index (χ2v) is 6.73. The predicted octanol–water partition coefficient (Wildman–Crippen LogP) is 2.33. The second-order valence-electron chi connectivity index (χ2n) is 6.73. The summed E-state index contributed by atoms with van der Waals surface area (Å²) in [6, 6.07) is 14.3. The van der Waals surface area contributed by atoms with Crippen LogP contribution in [-0.2, 0) is 0 Å². The number of nitrogens with zero attached hydrogens (tertiary/aromatic N) is 7. The maximum atomic E-state index is 4.49. The Bertz CT molecular complexity index is 890. The van der Waals surface area contributed by atoms with Crippen LogP contribution in [0.15, 0.2) is 55.1 Å². The minimum atomic E-state index is 0.895. The van der Waals surface area contributed by atoms with Crippen LogP contribution in [0.5, 0.6) is 0 Å². The van der Waals surface area contributed by atoms with Crippen LogP contribution in [0.1, 0.15) is 0 Å². The fraction of sp³-hybridized carbons (Fsp3) is 0.300. The molecule has 1 aliphatic heterocycles. The number of aromatic nitrogens is 4. The van der Waals surface area contributed by atoms with Crippen LogP contribution in [0.3, 0.4) is 0 Å². The molecule has 0 atom stereocenters. The normalized spacial score (nSPS) is 14.3. The lowest BCUT2D eigenvalue weighted by Gasteiger charge is -2.36. The van der Waals surface area contributed by atoms with Gasteiger partial charge in [0.15, 0.2) is 0 Å². The van der Waals surface area contributed by atoms with E-state index in [4.69, 9.17) is 0 Å². The molecule has 1 aromatic carbocycles. The fourth-order valence-electron chi connectivity index (χ4n) is 3.21. The molecule has 0 radical (unpaired) electrons. The van der Waals surface area contributed by atoms with Gasteiger partial charge in [-0.1, -0.05) is 30.3 Å². The maximum Gasteiger partial charge on any atom is 0.134 e. The largest absolute Gasteiger partial charge is 0.363 e. The zero-order valence-corrected chi connectivity index (χ0v) is 15.7. The van der Waals surface area contributed by atoms with Crippen LogP contribution in [0.25, 0.3) is 11.3 Å². The van der Waals surface area contributed by atoms with Gasteiger partial charge in [-0.25, -0.2) is 19.9 Å². The van der Waals surface area contributed by atoms with Crippen molar-refractivity contribution in [3.05, 3.63) is 55.1 Å². The quantitative estimate of drug-likeness (QED) is 0.707. The molecule has 0 saturated carbocycles. The van der Waals surface area contributed by atoms with Gasteiger partial charge >= 0.3 is 0 Å². The molecule has 2 aromatic heterocycles. The van der Waals surface area contributed by atoms with Gasteiger partial charge in [-0.05, 0) is 0 Å². The predicted molar refractivity (Wildman–Crippen MR) is 108 cm³/mol. The summed E-state index contributed by atoms with van der Waals surface area (Å²) in [6.07, 6.45) is 3.28. The zero-order valence-electron chi connectivity index (χ0n) is 15.7. The van der Waals surface area contributed by atoms with E-state index in [2.05, 4.69) is 47.9 Å². The SMILES string of the molecule is CN(C)c1cc(N2CCN(c3cc(-c4ccccc4)ncn3)CC2)ncn1. The molecule has 3 heterocycles. The van der Waals surface area contributed by atoms with Gasteiger partial charge in [0.25, 0.3) is 0 Å². The van der Waals surface area contributed by atoms with Gasteiger partial charge in [0.2, 0.25) is 0 Å². The highest BCUT2D eigenvalue weighted by atomic mass is 15.3. The number of hydrogen-bond acceptors (Lipinski definition) is 7. The molecule has 138 valence electrons. The van der Waals surface area contributed by atoms with Crippen LogP contribution in [0.2, 0.25) is 0 Å². The van der Waals surface area contributed by atoms with E-state index in [-0.39, 0.29) is 0 Å². The molecule has 1 saturated heterocycles. The average molecular weight is 361 g/mol. The van der Waals surface area contributed by atoms with Crippen molar-refractivity contribution >= 4 is 17.5 Å². The van der Waals surface area contributed by atoms with E-state index in [1.807, 2.05) is 43.3 Å². The summed E-state index contributed by atoms with van der Waals surface area (Å²) in [4.78, 5) is 24.2. The molecule has 0 bridgehead atoms. The van der Waals surface area contributed by atoms with Gasteiger partial charge in [0.05, 0.1) is 5.69 Å². The van der Waals surface area contributed by atoms with Crippen LogP contribution >= 0.6 is 0 Å². The molecule has 0 amide bonds. The van der Waals surface area contributed by atoms with Crippen molar-refractivity contribution in [2.75, 3.05) is 55.0 Å². The van der Waals surface area contributed by atoms with Crippen molar-refractivity contribution < 1.29 is 0 Å². The molecule has 0 aliphatic carbocycles. The topological polar surface area (TPSA) is 61.3 Å². The molecule has 1 aliphatic rings. The molecule has 3 aromatic rings. The first-order valence-electron chi connectivity index (χ1n) is 9.07. The number of anilines is 3. The summed E-state index contributed by atoms with van der Waals surface area (Å²) in [7, 11) is 3.98. The first-order valence-corrected chi connectivity index (χ1v) is 9.07. The highest BCUT2D eigenvalue weighted by Crippen LogP contribution is 2.23. The lowest BCUT2D eigenvalue weighted by atomic mass is 10.1. The van der Waals surface area contributed by atoms with Crippen molar-refractivity contribution in [1.29, 1.82) is 0 Å². The van der Waals surface area contributed by atoms with Gasteiger partial charge in [0.1, 0.15) is 30.1 Å². The van der Waals surface area contributed by atoms with E-state index in [9.17, 15) is 0 Å². The monoisotopic (exact) mass is 361 g/mol. The van der Waals surface area contributed by atoms with Crippen LogP contribution < -0.4 is 14.7 Å². The third-order valence-corrected chi connectivity index (χ3v) is 4.75. The Labute approximate surface area is 159 Å². The molecule has 0 spiro atoms. The standard InChI is InChI=1S/C20H23N7/c1-25(2)18-13-20(24-15-22-18)27-10-8-26(9-11-27)19-12-17(21-14-23-19)16-6-4-3-5-7-16/h3-7,12-15H,8-11H2,1-2H3. The van der Waals surface area contributed by atoms with Crippen molar-refractivity contribution in [3.63, 3.8) is 0 Å². The van der Waals surface area contributed by atoms with Crippen molar-refractivity contribution in [2.45, 2.75) is 0 Å². The highest BCUT2D eigenvalue weighted by Gasteiger charge is 2.20. The minimum absolute atomic E-state index is 0.895. The molecule has 4 rings (SSSR count). The van der Waals surface area contributed by atoms with Crippen LogP contribution in [-0.4, -0.2) is 60.2 Å². The Balaban J connectivity index is 1.46. The zero-order chi connectivity index (χ0) is 18.6. The molecule has 7 heteroatoms. The number of benzene rings is 1. The first kappa shape index (κ1) is 17.2. The molecule has 0 unspecified atom stereocenters. The first-order chi connectivity index (χ1) is 13.2. The summed E-state index contributed by atoms with van der Waals surface area (Å²) < 4.78 is 0. The molecule has 27 heavy (non-hydrogen) atoms. The fourth-order valence-corrected chi connectivity index (χ4v) is 3.21. The van der Waals surface area contributed by atoms with Gasteiger partial charge in [-0.3, -0.25) is 0 Å². The van der Waals surface area contributed by atoms with Gasteiger partial charge < -0.3 is 14.7 Å². The molecule has 0 N–H and O–H groups in total. The Hall–Kier alpha value is -3.22. The molecular weight excluding hydrogens is 338 g/mol. The van der Waals surface area contributed by atoms with E-state index in [0.29, 0.717) is 0 Å². The molecular formula is C20H23N7. The molecule has 7 nitrogen and oxygen atoms in total. The Morgan fingerprint density at radius 2 is 1.33 bits per heavy atom. The van der Waals surface area contributed by atoms with Crippen LogP contribution in [0, 0.1) is 0 Å². The van der Waals surface area contributed by atoms with Gasteiger partial charge in [-0.2, -0.15) is 0 Å². The number of piperazine rings is 1. The van der Waals surface area contributed by atoms with Crippen molar-refractivity contribution in [3.8, 4) is 11.3 Å². The summed E-state index contributed by atoms with van der Waals surface area (Å²) in [6.45, 7) is 3.59. The summed E-state index contributed by atoms with van der Waals surface area (Å²) >= 11 is 0. The smallest absolute Gasteiger partial charge is 0.134 e. The summed E-state index contributed by atoms with van der Waals surface area (Å²) in [5.41, 5.74) is 2.06. The third kappa shape index (κ3) is 3.81. The van der Waals surface area contributed by atoms with Crippen LogP contribution in [0.4, 0.5) is 17.5 Å². The van der Waals surface area contributed by atoms with Crippen molar-refractivity contribution in [2.24, 2.45) is 0 Å². The van der Waals surface area contributed by atoms with E-state index in [1.165, 1.54) is 0 Å². The Morgan fingerprint density at radius 3 is 1.96 bits per heavy atom. The Morgan fingerprint density at radius 1 is 0.741 bits per heavy atom. The van der Waals surface area contributed by atoms with E-state index in [0.717, 1.165) is 54.9 Å². The Kier molecular flexibility index (Phi) is 4.82. The maximum absolute atomic E-state index is 4.49. The molecule has 1 fully saturated rings. The average Bonchev–Trinajstić information content (AvgIpc) is 2.75. The third-order valence-electron chi connectivity index (χ3n) is 4.75. The minimum Gasteiger partial charge on any atom is -0.363 e. The van der Waals surface area contributed by atoms with Gasteiger partial charge in [0, 0.05) is 58.0 Å².